The molecule has 0 aliphatic heterocycles. The van der Waals surface area contributed by atoms with Crippen molar-refractivity contribution in [3.8, 4) is 0 Å². The second kappa shape index (κ2) is 6.58. The van der Waals surface area contributed by atoms with Crippen LogP contribution in [-0.2, 0) is 14.8 Å². The molecule has 1 amide bonds. The highest BCUT2D eigenvalue weighted by Gasteiger charge is 2.24. The number of amides is 1. The number of hydrogen-bond donors (Lipinski definition) is 1. The Morgan fingerprint density at radius 1 is 1.19 bits per heavy atom. The minimum atomic E-state index is -3.53. The van der Waals surface area contributed by atoms with E-state index in [1.165, 1.54) is 6.92 Å². The topological polar surface area (TPSA) is 66.5 Å². The number of nitrogens with zero attached hydrogens (tertiary/aromatic N) is 1. The van der Waals surface area contributed by atoms with Crippen LogP contribution in [0, 0.1) is 6.92 Å². The highest BCUT2D eigenvalue weighted by molar-refractivity contribution is 7.89. The molecular weight excluding hydrogens is 288 g/mol. The van der Waals surface area contributed by atoms with Gasteiger partial charge in [-0.2, -0.15) is 0 Å². The van der Waals surface area contributed by atoms with Crippen LogP contribution >= 0.6 is 0 Å². The zero-order chi connectivity index (χ0) is 16.3. The van der Waals surface area contributed by atoms with Gasteiger partial charge in [-0.3, -0.25) is 4.79 Å². The Morgan fingerprint density at radius 3 is 2.14 bits per heavy atom. The maximum atomic E-state index is 12.1. The van der Waals surface area contributed by atoms with Crippen LogP contribution in [0.5, 0.6) is 0 Å². The fourth-order valence-electron chi connectivity index (χ4n) is 2.06. The van der Waals surface area contributed by atoms with Crippen molar-refractivity contribution < 1.29 is 13.2 Å². The number of carbonyl (C=O) groups is 1. The molecule has 0 fully saturated rings. The molecule has 21 heavy (non-hydrogen) atoms. The lowest BCUT2D eigenvalue weighted by atomic mass is 10.1. The Balaban J connectivity index is 2.70. The van der Waals surface area contributed by atoms with E-state index in [2.05, 4.69) is 4.72 Å². The van der Waals surface area contributed by atoms with Crippen molar-refractivity contribution in [3.05, 3.63) is 29.8 Å². The van der Waals surface area contributed by atoms with Crippen LogP contribution in [0.2, 0.25) is 0 Å². The first kappa shape index (κ1) is 17.7. The summed E-state index contributed by atoms with van der Waals surface area (Å²) in [4.78, 5) is 13.5. The summed E-state index contributed by atoms with van der Waals surface area (Å²) in [5.74, 6) is -0.0722. The lowest BCUT2D eigenvalue weighted by molar-refractivity contribution is -0.133. The first-order valence-electron chi connectivity index (χ1n) is 6.88. The smallest absolute Gasteiger partial charge is 0.240 e. The van der Waals surface area contributed by atoms with Crippen molar-refractivity contribution in [2.24, 2.45) is 0 Å². The number of aryl methyl sites for hydroxylation is 1. The van der Waals surface area contributed by atoms with Gasteiger partial charge in [-0.1, -0.05) is 17.7 Å². The van der Waals surface area contributed by atoms with Crippen molar-refractivity contribution in [1.82, 2.24) is 9.62 Å². The van der Waals surface area contributed by atoms with Gasteiger partial charge in [0.05, 0.1) is 4.90 Å². The van der Waals surface area contributed by atoms with E-state index in [1.54, 1.807) is 29.2 Å². The molecule has 1 N–H and O–H groups in total. The molecule has 0 spiro atoms. The molecule has 0 aromatic heterocycles. The molecule has 0 aliphatic rings. The van der Waals surface area contributed by atoms with Crippen molar-refractivity contribution in [2.75, 3.05) is 13.1 Å². The Hall–Kier alpha value is -1.40. The van der Waals surface area contributed by atoms with E-state index in [4.69, 9.17) is 0 Å². The summed E-state index contributed by atoms with van der Waals surface area (Å²) >= 11 is 0. The van der Waals surface area contributed by atoms with Gasteiger partial charge in [0.15, 0.2) is 0 Å². The Labute approximate surface area is 127 Å². The molecule has 0 radical (unpaired) electrons. The van der Waals surface area contributed by atoms with Gasteiger partial charge in [-0.05, 0) is 39.8 Å². The molecule has 1 aromatic rings. The van der Waals surface area contributed by atoms with Crippen molar-refractivity contribution in [1.29, 1.82) is 0 Å². The predicted octanol–water partition coefficient (Wildman–Crippen LogP) is 1.92. The zero-order valence-corrected chi connectivity index (χ0v) is 14.1. The molecule has 0 heterocycles. The average Bonchev–Trinajstić information content (AvgIpc) is 2.33. The molecule has 1 rings (SSSR count). The van der Waals surface area contributed by atoms with Gasteiger partial charge in [-0.15, -0.1) is 0 Å². The molecule has 5 nitrogen and oxygen atoms in total. The van der Waals surface area contributed by atoms with Gasteiger partial charge in [0.25, 0.3) is 0 Å². The van der Waals surface area contributed by atoms with Crippen molar-refractivity contribution in [3.63, 3.8) is 0 Å². The van der Waals surface area contributed by atoms with Crippen molar-refractivity contribution >= 4 is 15.9 Å². The normalized spacial score (nSPS) is 12.2. The fourth-order valence-corrected chi connectivity index (χ4v) is 3.08. The summed E-state index contributed by atoms with van der Waals surface area (Å²) in [6.45, 7) is 9.67. The number of carbonyl (C=O) groups excluding carboxylic acids is 1. The average molecular weight is 312 g/mol. The first-order valence-corrected chi connectivity index (χ1v) is 8.37. The highest BCUT2D eigenvalue weighted by atomic mass is 32.2. The van der Waals surface area contributed by atoms with Gasteiger partial charge < -0.3 is 4.90 Å². The van der Waals surface area contributed by atoms with Crippen LogP contribution in [0.3, 0.4) is 0 Å². The van der Waals surface area contributed by atoms with Crippen LogP contribution < -0.4 is 4.72 Å². The molecule has 0 saturated carbocycles. The number of rotatable bonds is 5. The van der Waals surface area contributed by atoms with Gasteiger partial charge >= 0.3 is 0 Å². The van der Waals surface area contributed by atoms with Crippen molar-refractivity contribution in [2.45, 2.75) is 45.1 Å². The van der Waals surface area contributed by atoms with E-state index in [-0.39, 0.29) is 22.9 Å². The first-order chi connectivity index (χ1) is 9.54. The molecule has 0 saturated heterocycles. The lowest BCUT2D eigenvalue weighted by Gasteiger charge is -2.35. The molecule has 0 bridgehead atoms. The lowest BCUT2D eigenvalue weighted by Crippen LogP contribution is -2.48. The summed E-state index contributed by atoms with van der Waals surface area (Å²) in [7, 11) is -3.53. The number of sulfonamides is 1. The summed E-state index contributed by atoms with van der Waals surface area (Å²) in [6, 6.07) is 6.66. The van der Waals surface area contributed by atoms with E-state index < -0.39 is 10.0 Å². The monoisotopic (exact) mass is 312 g/mol. The van der Waals surface area contributed by atoms with Crippen LogP contribution in [0.1, 0.15) is 33.3 Å². The molecule has 6 heteroatoms. The second-order valence-corrected chi connectivity index (χ2v) is 7.82. The van der Waals surface area contributed by atoms with Gasteiger partial charge in [-0.25, -0.2) is 13.1 Å². The Morgan fingerprint density at radius 2 is 1.71 bits per heavy atom. The van der Waals surface area contributed by atoms with Gasteiger partial charge in [0.1, 0.15) is 0 Å². The molecule has 0 unspecified atom stereocenters. The van der Waals surface area contributed by atoms with Gasteiger partial charge in [0.2, 0.25) is 15.9 Å². The zero-order valence-electron chi connectivity index (χ0n) is 13.3. The van der Waals surface area contributed by atoms with E-state index in [0.717, 1.165) is 5.56 Å². The summed E-state index contributed by atoms with van der Waals surface area (Å²) in [5.41, 5.74) is 0.672. The fraction of sp³-hybridized carbons (Fsp3) is 0.533. The molecule has 0 aliphatic carbocycles. The third-order valence-corrected chi connectivity index (χ3v) is 4.63. The molecule has 1 aromatic carbocycles. The predicted molar refractivity (Wildman–Crippen MR) is 83.5 cm³/mol. The quantitative estimate of drug-likeness (QED) is 0.903. The SMILES string of the molecule is CC(=O)N(CCNS(=O)(=O)c1ccc(C)cc1)C(C)(C)C. The number of hydrogen-bond acceptors (Lipinski definition) is 3. The summed E-state index contributed by atoms with van der Waals surface area (Å²) < 4.78 is 26.8. The Kier molecular flexibility index (Phi) is 5.53. The third-order valence-electron chi connectivity index (χ3n) is 3.15. The van der Waals surface area contributed by atoms with E-state index in [9.17, 15) is 13.2 Å². The molecule has 118 valence electrons. The largest absolute Gasteiger partial charge is 0.337 e. The number of nitrogens with one attached hydrogen (secondary N) is 1. The maximum absolute atomic E-state index is 12.1. The highest BCUT2D eigenvalue weighted by Crippen LogP contribution is 2.13. The second-order valence-electron chi connectivity index (χ2n) is 6.05. The number of benzene rings is 1. The van der Waals surface area contributed by atoms with E-state index >= 15 is 0 Å². The van der Waals surface area contributed by atoms with Crippen LogP contribution in [0.15, 0.2) is 29.2 Å². The van der Waals surface area contributed by atoms with Gasteiger partial charge in [0, 0.05) is 25.6 Å². The minimum absolute atomic E-state index is 0.0722. The molecule has 0 atom stereocenters. The maximum Gasteiger partial charge on any atom is 0.240 e. The standard InChI is InChI=1S/C15H24N2O3S/c1-12-6-8-14(9-7-12)21(19,20)16-10-11-17(13(2)18)15(3,4)5/h6-9,16H,10-11H2,1-5H3. The van der Waals surface area contributed by atoms with Crippen LogP contribution in [-0.4, -0.2) is 37.9 Å². The molecular formula is C15H24N2O3S. The van der Waals surface area contributed by atoms with Crippen LogP contribution in [0.25, 0.3) is 0 Å². The van der Waals surface area contributed by atoms with Crippen LogP contribution in [0.4, 0.5) is 0 Å². The minimum Gasteiger partial charge on any atom is -0.337 e. The third kappa shape index (κ3) is 5.13. The summed E-state index contributed by atoms with van der Waals surface area (Å²) in [6.07, 6.45) is 0. The summed E-state index contributed by atoms with van der Waals surface area (Å²) in [5, 5.41) is 0. The van der Waals surface area contributed by atoms with E-state index in [0.29, 0.717) is 6.54 Å². The van der Waals surface area contributed by atoms with E-state index in [1.807, 2.05) is 27.7 Å². The Bertz CT molecular complexity index is 586.